The smallest absolute Gasteiger partial charge is 0.0600 e. The van der Waals surface area contributed by atoms with Gasteiger partial charge in [-0.1, -0.05) is 26.7 Å². The van der Waals surface area contributed by atoms with Gasteiger partial charge in [0.1, 0.15) is 0 Å². The first-order chi connectivity index (χ1) is 7.24. The topological polar surface area (TPSA) is 21.3 Å². The summed E-state index contributed by atoms with van der Waals surface area (Å²) in [7, 11) is 1.87. The van der Waals surface area contributed by atoms with Gasteiger partial charge in [0.25, 0.3) is 0 Å². The highest BCUT2D eigenvalue weighted by molar-refractivity contribution is 4.76. The molecule has 2 atom stereocenters. The fourth-order valence-electron chi connectivity index (χ4n) is 2.49. The summed E-state index contributed by atoms with van der Waals surface area (Å²) in [5.41, 5.74) is 0. The molecule has 2 heteroatoms. The molecule has 1 aliphatic rings. The third-order valence-corrected chi connectivity index (χ3v) is 3.39. The first-order valence-corrected chi connectivity index (χ1v) is 6.47. The van der Waals surface area contributed by atoms with E-state index in [-0.39, 0.29) is 0 Å². The molecule has 1 rings (SSSR count). The minimum absolute atomic E-state index is 0.527. The number of nitrogens with one attached hydrogen (secondary N) is 1. The Bertz CT molecular complexity index is 159. The Morgan fingerprint density at radius 3 is 2.67 bits per heavy atom. The molecule has 1 saturated carbocycles. The first kappa shape index (κ1) is 13.0. The van der Waals surface area contributed by atoms with Gasteiger partial charge < -0.3 is 10.1 Å². The standard InChI is InChI=1S/C13H27NO/c1-11(2)10-14-9-8-12-6-4-5-7-13(12)15-3/h11-14H,4-10H2,1-3H3/t12-,13-/m1/s1. The van der Waals surface area contributed by atoms with Crippen LogP contribution in [-0.2, 0) is 4.74 Å². The van der Waals surface area contributed by atoms with Crippen LogP contribution in [0.25, 0.3) is 0 Å². The third-order valence-electron chi connectivity index (χ3n) is 3.39. The number of methoxy groups -OCH3 is 1. The summed E-state index contributed by atoms with van der Waals surface area (Å²) in [6.45, 7) is 6.81. The Morgan fingerprint density at radius 1 is 1.27 bits per heavy atom. The van der Waals surface area contributed by atoms with Crippen molar-refractivity contribution in [2.75, 3.05) is 20.2 Å². The molecular formula is C13H27NO. The summed E-state index contributed by atoms with van der Waals surface area (Å²) >= 11 is 0. The van der Waals surface area contributed by atoms with Gasteiger partial charge >= 0.3 is 0 Å². The zero-order valence-electron chi connectivity index (χ0n) is 10.6. The Morgan fingerprint density at radius 2 is 2.00 bits per heavy atom. The normalized spacial score (nSPS) is 27.2. The van der Waals surface area contributed by atoms with E-state index < -0.39 is 0 Å². The Labute approximate surface area is 94.8 Å². The van der Waals surface area contributed by atoms with Gasteiger partial charge in [-0.3, -0.25) is 0 Å². The average molecular weight is 213 g/mol. The van der Waals surface area contributed by atoms with E-state index in [1.807, 2.05) is 7.11 Å². The van der Waals surface area contributed by atoms with E-state index in [4.69, 9.17) is 4.74 Å². The Balaban J connectivity index is 2.12. The molecule has 15 heavy (non-hydrogen) atoms. The van der Waals surface area contributed by atoms with Crippen molar-refractivity contribution in [3.63, 3.8) is 0 Å². The summed E-state index contributed by atoms with van der Waals surface area (Å²) in [5.74, 6) is 1.55. The predicted octanol–water partition coefficient (Wildman–Crippen LogP) is 2.83. The van der Waals surface area contributed by atoms with Gasteiger partial charge in [-0.25, -0.2) is 0 Å². The van der Waals surface area contributed by atoms with Crippen molar-refractivity contribution in [3.8, 4) is 0 Å². The number of hydrogen-bond acceptors (Lipinski definition) is 2. The lowest BCUT2D eigenvalue weighted by atomic mass is 9.84. The van der Waals surface area contributed by atoms with Crippen molar-refractivity contribution in [2.24, 2.45) is 11.8 Å². The van der Waals surface area contributed by atoms with E-state index in [0.29, 0.717) is 6.10 Å². The molecular weight excluding hydrogens is 186 g/mol. The molecule has 0 aliphatic heterocycles. The fraction of sp³-hybridized carbons (Fsp3) is 1.00. The van der Waals surface area contributed by atoms with Gasteiger partial charge in [-0.05, 0) is 44.2 Å². The van der Waals surface area contributed by atoms with Crippen LogP contribution in [0.1, 0.15) is 46.0 Å². The van der Waals surface area contributed by atoms with Crippen LogP contribution < -0.4 is 5.32 Å². The maximum Gasteiger partial charge on any atom is 0.0600 e. The third kappa shape index (κ3) is 4.98. The molecule has 0 heterocycles. The second-order valence-corrected chi connectivity index (χ2v) is 5.21. The number of rotatable bonds is 6. The van der Waals surface area contributed by atoms with Gasteiger partial charge in [0, 0.05) is 7.11 Å². The number of hydrogen-bond donors (Lipinski definition) is 1. The summed E-state index contributed by atoms with van der Waals surface area (Å²) < 4.78 is 5.55. The number of ether oxygens (including phenoxy) is 1. The largest absolute Gasteiger partial charge is 0.381 e. The van der Waals surface area contributed by atoms with E-state index in [0.717, 1.165) is 24.9 Å². The molecule has 2 nitrogen and oxygen atoms in total. The zero-order chi connectivity index (χ0) is 11.1. The first-order valence-electron chi connectivity index (χ1n) is 6.47. The van der Waals surface area contributed by atoms with Crippen LogP contribution in [0, 0.1) is 11.8 Å². The SMILES string of the molecule is CO[C@@H]1CCCC[C@@H]1CCNCC(C)C. The monoisotopic (exact) mass is 213 g/mol. The second-order valence-electron chi connectivity index (χ2n) is 5.21. The van der Waals surface area contributed by atoms with Gasteiger partial charge in [-0.2, -0.15) is 0 Å². The summed E-state index contributed by atoms with van der Waals surface area (Å²) in [6, 6.07) is 0. The van der Waals surface area contributed by atoms with E-state index in [1.54, 1.807) is 0 Å². The molecule has 0 bridgehead atoms. The Kier molecular flexibility index (Phi) is 6.26. The van der Waals surface area contributed by atoms with E-state index in [1.165, 1.54) is 32.1 Å². The van der Waals surface area contributed by atoms with Crippen molar-refractivity contribution >= 4 is 0 Å². The molecule has 90 valence electrons. The molecule has 1 fully saturated rings. The van der Waals surface area contributed by atoms with Crippen molar-refractivity contribution in [1.29, 1.82) is 0 Å². The second kappa shape index (κ2) is 7.24. The van der Waals surface area contributed by atoms with Gasteiger partial charge in [0.15, 0.2) is 0 Å². The molecule has 0 spiro atoms. The van der Waals surface area contributed by atoms with Crippen LogP contribution in [0.3, 0.4) is 0 Å². The van der Waals surface area contributed by atoms with Gasteiger partial charge in [-0.15, -0.1) is 0 Å². The zero-order valence-corrected chi connectivity index (χ0v) is 10.6. The molecule has 0 saturated heterocycles. The summed E-state index contributed by atoms with van der Waals surface area (Å²) in [4.78, 5) is 0. The maximum absolute atomic E-state index is 5.55. The molecule has 0 aromatic rings. The lowest BCUT2D eigenvalue weighted by Crippen LogP contribution is -2.30. The van der Waals surface area contributed by atoms with Gasteiger partial charge in [0.05, 0.1) is 6.10 Å². The fourth-order valence-corrected chi connectivity index (χ4v) is 2.49. The molecule has 0 aromatic carbocycles. The summed E-state index contributed by atoms with van der Waals surface area (Å²) in [6.07, 6.45) is 7.20. The van der Waals surface area contributed by atoms with Crippen molar-refractivity contribution in [2.45, 2.75) is 52.1 Å². The molecule has 0 unspecified atom stereocenters. The van der Waals surface area contributed by atoms with Crippen LogP contribution >= 0.6 is 0 Å². The average Bonchev–Trinajstić information content (AvgIpc) is 2.24. The van der Waals surface area contributed by atoms with E-state index >= 15 is 0 Å². The molecule has 1 N–H and O–H groups in total. The minimum atomic E-state index is 0.527. The van der Waals surface area contributed by atoms with E-state index in [2.05, 4.69) is 19.2 Å². The highest BCUT2D eigenvalue weighted by Crippen LogP contribution is 2.28. The van der Waals surface area contributed by atoms with Crippen molar-refractivity contribution < 1.29 is 4.74 Å². The van der Waals surface area contributed by atoms with Crippen LogP contribution in [0.15, 0.2) is 0 Å². The maximum atomic E-state index is 5.55. The van der Waals surface area contributed by atoms with Crippen LogP contribution in [0.5, 0.6) is 0 Å². The highest BCUT2D eigenvalue weighted by atomic mass is 16.5. The minimum Gasteiger partial charge on any atom is -0.381 e. The quantitative estimate of drug-likeness (QED) is 0.685. The predicted molar refractivity (Wildman–Crippen MR) is 65.1 cm³/mol. The van der Waals surface area contributed by atoms with Crippen molar-refractivity contribution in [1.82, 2.24) is 5.32 Å². The van der Waals surface area contributed by atoms with Crippen LogP contribution in [-0.4, -0.2) is 26.3 Å². The molecule has 0 aromatic heterocycles. The summed E-state index contributed by atoms with van der Waals surface area (Å²) in [5, 5.41) is 3.52. The van der Waals surface area contributed by atoms with Crippen LogP contribution in [0.4, 0.5) is 0 Å². The Hall–Kier alpha value is -0.0800. The molecule has 0 radical (unpaired) electrons. The molecule has 0 amide bonds. The van der Waals surface area contributed by atoms with Gasteiger partial charge in [0.2, 0.25) is 0 Å². The van der Waals surface area contributed by atoms with E-state index in [9.17, 15) is 0 Å². The van der Waals surface area contributed by atoms with Crippen LogP contribution in [0.2, 0.25) is 0 Å². The molecule has 1 aliphatic carbocycles. The highest BCUT2D eigenvalue weighted by Gasteiger charge is 2.23. The lowest BCUT2D eigenvalue weighted by Gasteiger charge is -2.30. The lowest BCUT2D eigenvalue weighted by molar-refractivity contribution is 0.0205. The van der Waals surface area contributed by atoms with Crippen molar-refractivity contribution in [3.05, 3.63) is 0 Å².